The second-order valence-corrected chi connectivity index (χ2v) is 2.97. The Kier molecular flexibility index (Phi) is 4.67. The maximum absolute atomic E-state index is 5.42. The summed E-state index contributed by atoms with van der Waals surface area (Å²) in [7, 11) is 0. The maximum Gasteiger partial charge on any atom is 0.102 e. The van der Waals surface area contributed by atoms with Gasteiger partial charge in [0.15, 0.2) is 0 Å². The van der Waals surface area contributed by atoms with E-state index in [4.69, 9.17) is 4.74 Å². The third-order valence-corrected chi connectivity index (χ3v) is 1.27. The molecule has 1 nitrogen and oxygen atoms in total. The highest BCUT2D eigenvalue weighted by molar-refractivity contribution is 4.99. The Morgan fingerprint density at radius 3 is 2.36 bits per heavy atom. The fourth-order valence-corrected chi connectivity index (χ4v) is 0.798. The Bertz CT molecular complexity index is 154. The maximum atomic E-state index is 5.42. The van der Waals surface area contributed by atoms with Crippen molar-refractivity contribution in [2.24, 2.45) is 5.92 Å². The summed E-state index contributed by atoms with van der Waals surface area (Å²) in [6, 6.07) is 0. The summed E-state index contributed by atoms with van der Waals surface area (Å²) in [5.41, 5.74) is 0. The average Bonchev–Trinajstić information content (AvgIpc) is 1.86. The zero-order valence-corrected chi connectivity index (χ0v) is 7.98. The van der Waals surface area contributed by atoms with E-state index in [9.17, 15) is 0 Å². The van der Waals surface area contributed by atoms with Crippen LogP contribution in [0, 0.1) is 5.92 Å². The molecule has 0 rings (SSSR count). The Balaban J connectivity index is 4.11. The van der Waals surface area contributed by atoms with Crippen molar-refractivity contribution in [3.05, 3.63) is 24.2 Å². The van der Waals surface area contributed by atoms with Gasteiger partial charge in [-0.2, -0.15) is 0 Å². The molecule has 0 N–H and O–H groups in total. The monoisotopic (exact) mass is 154 g/mol. The Labute approximate surface area is 69.8 Å². The molecule has 11 heavy (non-hydrogen) atoms. The Morgan fingerprint density at radius 1 is 1.55 bits per heavy atom. The van der Waals surface area contributed by atoms with Gasteiger partial charge in [0.05, 0.1) is 5.76 Å². The molecule has 0 radical (unpaired) electrons. The van der Waals surface area contributed by atoms with E-state index in [-0.39, 0.29) is 0 Å². The van der Waals surface area contributed by atoms with Gasteiger partial charge in [-0.15, -0.1) is 0 Å². The van der Waals surface area contributed by atoms with E-state index in [0.29, 0.717) is 5.92 Å². The second-order valence-electron chi connectivity index (χ2n) is 2.97. The van der Waals surface area contributed by atoms with Gasteiger partial charge >= 0.3 is 0 Å². The molecular formula is C10H18O. The highest BCUT2D eigenvalue weighted by Gasteiger charge is 2.02. The molecule has 64 valence electrons. The van der Waals surface area contributed by atoms with Gasteiger partial charge in [-0.05, 0) is 19.4 Å². The van der Waals surface area contributed by atoms with Crippen LogP contribution in [0.25, 0.3) is 0 Å². The number of allylic oxidation sites excluding steroid dienone is 3. The molecule has 0 aliphatic carbocycles. The van der Waals surface area contributed by atoms with Crippen LogP contribution in [-0.2, 0) is 4.74 Å². The normalized spacial score (nSPS) is 11.9. The molecule has 0 fully saturated rings. The second kappa shape index (κ2) is 5.00. The van der Waals surface area contributed by atoms with Gasteiger partial charge in [0.2, 0.25) is 0 Å². The van der Waals surface area contributed by atoms with Crippen molar-refractivity contribution in [1.29, 1.82) is 0 Å². The van der Waals surface area contributed by atoms with Crippen molar-refractivity contribution in [3.63, 3.8) is 0 Å². The van der Waals surface area contributed by atoms with Crippen LogP contribution in [0.15, 0.2) is 24.2 Å². The van der Waals surface area contributed by atoms with Crippen LogP contribution in [0.3, 0.4) is 0 Å². The molecule has 0 aromatic rings. The molecule has 0 heterocycles. The summed E-state index contributed by atoms with van der Waals surface area (Å²) in [6.45, 7) is 11.9. The molecule has 0 saturated carbocycles. The first-order valence-electron chi connectivity index (χ1n) is 4.11. The van der Waals surface area contributed by atoms with Gasteiger partial charge in [0.25, 0.3) is 0 Å². The molecule has 0 amide bonds. The summed E-state index contributed by atoms with van der Waals surface area (Å²) in [5, 5.41) is 0. The molecule has 0 unspecified atom stereocenters. The van der Waals surface area contributed by atoms with Crippen molar-refractivity contribution >= 4 is 0 Å². The highest BCUT2D eigenvalue weighted by Crippen LogP contribution is 2.14. The van der Waals surface area contributed by atoms with Crippen LogP contribution in [0.1, 0.15) is 34.1 Å². The predicted octanol–water partition coefficient (Wildman–Crippen LogP) is 3.49. The molecule has 0 aliphatic rings. The van der Waals surface area contributed by atoms with Gasteiger partial charge in [0.1, 0.15) is 5.76 Å². The minimum absolute atomic E-state index is 0.451. The lowest BCUT2D eigenvalue weighted by Gasteiger charge is -2.12. The highest BCUT2D eigenvalue weighted by atomic mass is 16.5. The van der Waals surface area contributed by atoms with Gasteiger partial charge < -0.3 is 4.74 Å². The third kappa shape index (κ3) is 4.65. The summed E-state index contributed by atoms with van der Waals surface area (Å²) in [6.07, 6.45) is 3.11. The van der Waals surface area contributed by atoms with E-state index >= 15 is 0 Å². The zero-order valence-electron chi connectivity index (χ0n) is 7.98. The molecule has 0 atom stereocenters. The number of hydrogen-bond donors (Lipinski definition) is 0. The molecule has 0 aromatic carbocycles. The molecule has 0 bridgehead atoms. The molecule has 0 aromatic heterocycles. The van der Waals surface area contributed by atoms with Crippen LogP contribution in [0.2, 0.25) is 0 Å². The van der Waals surface area contributed by atoms with E-state index in [0.717, 1.165) is 17.9 Å². The van der Waals surface area contributed by atoms with Crippen LogP contribution < -0.4 is 0 Å². The first-order chi connectivity index (χ1) is 5.07. The van der Waals surface area contributed by atoms with Crippen molar-refractivity contribution in [2.45, 2.75) is 34.1 Å². The standard InChI is InChI=1S/C10H18O/c1-6-7-10(8(2)3)11-9(4)5/h7-8H,4,6H2,1-3,5H3/b10-7-. The largest absolute Gasteiger partial charge is 0.467 e. The zero-order chi connectivity index (χ0) is 8.85. The third-order valence-electron chi connectivity index (χ3n) is 1.27. The topological polar surface area (TPSA) is 9.23 Å². The fourth-order valence-electron chi connectivity index (χ4n) is 0.798. The van der Waals surface area contributed by atoms with Crippen molar-refractivity contribution in [1.82, 2.24) is 0 Å². The molecule has 0 spiro atoms. The number of rotatable bonds is 4. The summed E-state index contributed by atoms with van der Waals surface area (Å²) in [4.78, 5) is 0. The molecule has 1 heteroatoms. The first-order valence-corrected chi connectivity index (χ1v) is 4.11. The lowest BCUT2D eigenvalue weighted by Crippen LogP contribution is -1.97. The fraction of sp³-hybridized carbons (Fsp3) is 0.600. The smallest absolute Gasteiger partial charge is 0.102 e. The molecule has 0 saturated heterocycles. The van der Waals surface area contributed by atoms with E-state index in [1.54, 1.807) is 0 Å². The summed E-state index contributed by atoms with van der Waals surface area (Å²) in [5.74, 6) is 2.24. The SMILES string of the molecule is C=C(C)O/C(=C\CC)C(C)C. The molecular weight excluding hydrogens is 136 g/mol. The first kappa shape index (κ1) is 10.3. The van der Waals surface area contributed by atoms with Crippen LogP contribution in [0.4, 0.5) is 0 Å². The van der Waals surface area contributed by atoms with Crippen LogP contribution in [0.5, 0.6) is 0 Å². The van der Waals surface area contributed by atoms with Crippen LogP contribution in [-0.4, -0.2) is 0 Å². The minimum Gasteiger partial charge on any atom is -0.467 e. The predicted molar refractivity (Wildman–Crippen MR) is 49.1 cm³/mol. The average molecular weight is 154 g/mol. The van der Waals surface area contributed by atoms with Gasteiger partial charge in [-0.25, -0.2) is 0 Å². The lowest BCUT2D eigenvalue weighted by molar-refractivity contribution is 0.268. The van der Waals surface area contributed by atoms with Crippen molar-refractivity contribution < 1.29 is 4.74 Å². The summed E-state index contributed by atoms with van der Waals surface area (Å²) < 4.78 is 5.42. The van der Waals surface area contributed by atoms with E-state index in [2.05, 4.69) is 33.4 Å². The minimum atomic E-state index is 0.451. The van der Waals surface area contributed by atoms with Gasteiger partial charge in [-0.3, -0.25) is 0 Å². The van der Waals surface area contributed by atoms with Crippen LogP contribution >= 0.6 is 0 Å². The Hall–Kier alpha value is -0.720. The van der Waals surface area contributed by atoms with Crippen molar-refractivity contribution in [2.75, 3.05) is 0 Å². The quantitative estimate of drug-likeness (QED) is 0.563. The number of hydrogen-bond acceptors (Lipinski definition) is 1. The number of ether oxygens (including phenoxy) is 1. The van der Waals surface area contributed by atoms with Gasteiger partial charge in [0, 0.05) is 5.92 Å². The van der Waals surface area contributed by atoms with Gasteiger partial charge in [-0.1, -0.05) is 27.4 Å². The van der Waals surface area contributed by atoms with E-state index in [1.165, 1.54) is 0 Å². The lowest BCUT2D eigenvalue weighted by atomic mass is 10.1. The van der Waals surface area contributed by atoms with Crippen molar-refractivity contribution in [3.8, 4) is 0 Å². The molecule has 0 aliphatic heterocycles. The summed E-state index contributed by atoms with van der Waals surface area (Å²) >= 11 is 0. The van der Waals surface area contributed by atoms with E-state index < -0.39 is 0 Å². The van der Waals surface area contributed by atoms with E-state index in [1.807, 2.05) is 6.92 Å². The Morgan fingerprint density at radius 2 is 2.09 bits per heavy atom.